The van der Waals surface area contributed by atoms with Crippen molar-refractivity contribution in [1.29, 1.82) is 0 Å². The first-order valence-corrected chi connectivity index (χ1v) is 5.32. The zero-order chi connectivity index (χ0) is 11.2. The molecule has 0 aromatic carbocycles. The van der Waals surface area contributed by atoms with Crippen LogP contribution in [0.25, 0.3) is 0 Å². The second-order valence-electron chi connectivity index (χ2n) is 4.75. The van der Waals surface area contributed by atoms with E-state index in [1.165, 1.54) is 0 Å². The first kappa shape index (κ1) is 13.4. The van der Waals surface area contributed by atoms with Crippen molar-refractivity contribution in [3.05, 3.63) is 0 Å². The van der Waals surface area contributed by atoms with Crippen LogP contribution in [0.2, 0.25) is 0 Å². The Balaban J connectivity index is 4.16. The second kappa shape index (κ2) is 6.02. The molecule has 0 aliphatic heterocycles. The molecule has 0 spiro atoms. The average Bonchev–Trinajstić information content (AvgIpc) is 2.02. The minimum atomic E-state index is 0.00608. The molecule has 1 amide bonds. The summed E-state index contributed by atoms with van der Waals surface area (Å²) in [6, 6.07) is 0.0616. The Morgan fingerprint density at radius 2 is 2.00 bits per heavy atom. The van der Waals surface area contributed by atoms with Crippen LogP contribution in [0.5, 0.6) is 0 Å². The number of aliphatic hydroxyl groups excluding tert-OH is 1. The van der Waals surface area contributed by atoms with Crippen molar-refractivity contribution in [1.82, 2.24) is 5.32 Å². The molecule has 0 aliphatic carbocycles. The molecule has 84 valence electrons. The number of rotatable bonds is 5. The smallest absolute Gasteiger partial charge is 0.220 e. The molecule has 0 saturated carbocycles. The lowest BCUT2D eigenvalue weighted by atomic mass is 9.85. The number of carbonyl (C=O) groups excluding carboxylic acids is 1. The predicted molar refractivity (Wildman–Crippen MR) is 58.0 cm³/mol. The van der Waals surface area contributed by atoms with Gasteiger partial charge in [0.05, 0.1) is 0 Å². The molecule has 3 heteroatoms. The van der Waals surface area contributed by atoms with Crippen molar-refractivity contribution >= 4 is 5.91 Å². The molecule has 0 aromatic heterocycles. The normalized spacial score (nSPS) is 13.8. The predicted octanol–water partition coefficient (Wildman–Crippen LogP) is 1.70. The maximum absolute atomic E-state index is 11.4. The quantitative estimate of drug-likeness (QED) is 0.711. The fraction of sp³-hybridized carbons (Fsp3) is 0.909. The van der Waals surface area contributed by atoms with Crippen LogP contribution in [-0.2, 0) is 4.79 Å². The van der Waals surface area contributed by atoms with Gasteiger partial charge in [0.2, 0.25) is 5.91 Å². The van der Waals surface area contributed by atoms with Crippen LogP contribution in [0, 0.1) is 5.41 Å². The van der Waals surface area contributed by atoms with Gasteiger partial charge in [-0.05, 0) is 18.3 Å². The van der Waals surface area contributed by atoms with Crippen LogP contribution in [0.15, 0.2) is 0 Å². The van der Waals surface area contributed by atoms with Gasteiger partial charge in [-0.2, -0.15) is 0 Å². The van der Waals surface area contributed by atoms with E-state index in [0.717, 1.165) is 6.42 Å². The van der Waals surface area contributed by atoms with Crippen molar-refractivity contribution in [2.75, 3.05) is 6.61 Å². The summed E-state index contributed by atoms with van der Waals surface area (Å²) in [5.74, 6) is 0.0841. The van der Waals surface area contributed by atoms with Gasteiger partial charge >= 0.3 is 0 Å². The summed E-state index contributed by atoms with van der Waals surface area (Å²) < 4.78 is 0. The number of amides is 1. The molecule has 0 saturated heterocycles. The van der Waals surface area contributed by atoms with Crippen molar-refractivity contribution in [2.24, 2.45) is 5.41 Å². The number of hydrogen-bond acceptors (Lipinski definition) is 2. The fourth-order valence-corrected chi connectivity index (χ4v) is 1.34. The molecule has 0 radical (unpaired) electrons. The molecule has 3 nitrogen and oxygen atoms in total. The zero-order valence-corrected chi connectivity index (χ0v) is 9.76. The van der Waals surface area contributed by atoms with Gasteiger partial charge < -0.3 is 10.4 Å². The highest BCUT2D eigenvalue weighted by molar-refractivity contribution is 5.76. The van der Waals surface area contributed by atoms with E-state index in [9.17, 15) is 4.79 Å². The molecule has 0 rings (SSSR count). The molecule has 0 aromatic rings. The van der Waals surface area contributed by atoms with E-state index in [2.05, 4.69) is 26.1 Å². The molecule has 1 unspecified atom stereocenters. The number of nitrogens with one attached hydrogen (secondary N) is 1. The third kappa shape index (κ3) is 5.22. The lowest BCUT2D eigenvalue weighted by molar-refractivity contribution is -0.122. The van der Waals surface area contributed by atoms with E-state index in [4.69, 9.17) is 5.11 Å². The van der Waals surface area contributed by atoms with Gasteiger partial charge in [-0.15, -0.1) is 0 Å². The van der Waals surface area contributed by atoms with Gasteiger partial charge in [-0.25, -0.2) is 0 Å². The van der Waals surface area contributed by atoms with Crippen LogP contribution in [0.3, 0.4) is 0 Å². The summed E-state index contributed by atoms with van der Waals surface area (Å²) in [5.41, 5.74) is 0.00608. The fourth-order valence-electron chi connectivity index (χ4n) is 1.34. The van der Waals surface area contributed by atoms with E-state index in [0.29, 0.717) is 12.8 Å². The maximum Gasteiger partial charge on any atom is 0.220 e. The highest BCUT2D eigenvalue weighted by atomic mass is 16.3. The minimum Gasteiger partial charge on any atom is -0.396 e. The summed E-state index contributed by atoms with van der Waals surface area (Å²) in [5, 5.41) is 11.9. The molecule has 0 aliphatic rings. The molecule has 0 bridgehead atoms. The lowest BCUT2D eigenvalue weighted by Crippen LogP contribution is -2.44. The molecule has 1 atom stereocenters. The molecule has 2 N–H and O–H groups in total. The van der Waals surface area contributed by atoms with Gasteiger partial charge in [0, 0.05) is 19.1 Å². The van der Waals surface area contributed by atoms with Crippen molar-refractivity contribution in [2.45, 2.75) is 53.0 Å². The summed E-state index contributed by atoms with van der Waals surface area (Å²) in [6.07, 6.45) is 2.05. The SMILES string of the molecule is CCCC(=O)NC(CCO)C(C)(C)C. The van der Waals surface area contributed by atoms with E-state index >= 15 is 0 Å². The minimum absolute atomic E-state index is 0.00608. The maximum atomic E-state index is 11.4. The van der Waals surface area contributed by atoms with Crippen molar-refractivity contribution < 1.29 is 9.90 Å². The number of hydrogen-bond donors (Lipinski definition) is 2. The second-order valence-corrected chi connectivity index (χ2v) is 4.75. The summed E-state index contributed by atoms with van der Waals surface area (Å²) >= 11 is 0. The lowest BCUT2D eigenvalue weighted by Gasteiger charge is -2.31. The van der Waals surface area contributed by atoms with Gasteiger partial charge in [-0.3, -0.25) is 4.79 Å². The Morgan fingerprint density at radius 1 is 1.43 bits per heavy atom. The standard InChI is InChI=1S/C11H23NO2/c1-5-6-10(14)12-9(7-8-13)11(2,3)4/h9,13H,5-8H2,1-4H3,(H,12,14). The van der Waals surface area contributed by atoms with Crippen LogP contribution >= 0.6 is 0 Å². The zero-order valence-electron chi connectivity index (χ0n) is 9.76. The Morgan fingerprint density at radius 3 is 2.36 bits per heavy atom. The number of carbonyl (C=O) groups is 1. The van der Waals surface area contributed by atoms with E-state index in [-0.39, 0.29) is 24.0 Å². The average molecular weight is 201 g/mol. The first-order valence-electron chi connectivity index (χ1n) is 5.32. The molecular weight excluding hydrogens is 178 g/mol. The Kier molecular flexibility index (Phi) is 5.77. The van der Waals surface area contributed by atoms with Crippen LogP contribution in [0.1, 0.15) is 47.0 Å². The van der Waals surface area contributed by atoms with E-state index < -0.39 is 0 Å². The van der Waals surface area contributed by atoms with E-state index in [1.54, 1.807) is 0 Å². The van der Waals surface area contributed by atoms with Crippen molar-refractivity contribution in [3.63, 3.8) is 0 Å². The van der Waals surface area contributed by atoms with Gasteiger partial charge in [0.1, 0.15) is 0 Å². The monoisotopic (exact) mass is 201 g/mol. The Bertz CT molecular complexity index is 173. The topological polar surface area (TPSA) is 49.3 Å². The highest BCUT2D eigenvalue weighted by Gasteiger charge is 2.25. The van der Waals surface area contributed by atoms with Gasteiger partial charge in [0.15, 0.2) is 0 Å². The highest BCUT2D eigenvalue weighted by Crippen LogP contribution is 2.21. The summed E-state index contributed by atoms with van der Waals surface area (Å²) in [7, 11) is 0. The van der Waals surface area contributed by atoms with Gasteiger partial charge in [-0.1, -0.05) is 27.7 Å². The molecule has 0 heterocycles. The number of aliphatic hydroxyl groups is 1. The largest absolute Gasteiger partial charge is 0.396 e. The summed E-state index contributed by atoms with van der Waals surface area (Å²) in [4.78, 5) is 11.4. The third-order valence-corrected chi connectivity index (χ3v) is 2.28. The first-order chi connectivity index (χ1) is 6.41. The van der Waals surface area contributed by atoms with Crippen LogP contribution in [-0.4, -0.2) is 23.7 Å². The summed E-state index contributed by atoms with van der Waals surface area (Å²) in [6.45, 7) is 8.31. The Labute approximate surface area is 86.9 Å². The molecular formula is C11H23NO2. The van der Waals surface area contributed by atoms with Crippen molar-refractivity contribution in [3.8, 4) is 0 Å². The molecule has 0 fully saturated rings. The van der Waals surface area contributed by atoms with E-state index in [1.807, 2.05) is 6.92 Å². The van der Waals surface area contributed by atoms with Crippen LogP contribution < -0.4 is 5.32 Å². The van der Waals surface area contributed by atoms with Gasteiger partial charge in [0.25, 0.3) is 0 Å². The van der Waals surface area contributed by atoms with Crippen LogP contribution in [0.4, 0.5) is 0 Å². The Hall–Kier alpha value is -0.570. The molecule has 14 heavy (non-hydrogen) atoms. The third-order valence-electron chi connectivity index (χ3n) is 2.28.